The molecule has 1 heterocycles. The molecule has 1 aromatic heterocycles. The molecule has 0 fully saturated rings. The number of para-hydroxylation sites is 1. The Labute approximate surface area is 158 Å². The van der Waals surface area contributed by atoms with Crippen LogP contribution in [0.2, 0.25) is 0 Å². The molecule has 1 aromatic carbocycles. The molecule has 0 bridgehead atoms. The van der Waals surface area contributed by atoms with E-state index in [9.17, 15) is 9.59 Å². The van der Waals surface area contributed by atoms with E-state index in [-0.39, 0.29) is 18.9 Å². The van der Waals surface area contributed by atoms with Gasteiger partial charge in [-0.2, -0.15) is 0 Å². The molecule has 26 heavy (non-hydrogen) atoms. The molecule has 6 nitrogen and oxygen atoms in total. The fourth-order valence-electron chi connectivity index (χ4n) is 2.50. The number of hydrogen-bond acceptors (Lipinski definition) is 6. The van der Waals surface area contributed by atoms with Crippen molar-refractivity contribution in [3.8, 4) is 0 Å². The highest BCUT2D eigenvalue weighted by molar-refractivity contribution is 7.98. The first-order chi connectivity index (χ1) is 12.4. The summed E-state index contributed by atoms with van der Waals surface area (Å²) in [4.78, 5) is 34.4. The van der Waals surface area contributed by atoms with Gasteiger partial charge in [0, 0.05) is 30.5 Å². The third-order valence-corrected chi connectivity index (χ3v) is 4.58. The highest BCUT2D eigenvalue weighted by Crippen LogP contribution is 2.17. The average molecular weight is 373 g/mol. The zero-order chi connectivity index (χ0) is 19.1. The summed E-state index contributed by atoms with van der Waals surface area (Å²) < 4.78 is 5.12. The lowest BCUT2D eigenvalue weighted by atomic mass is 10.1. The molecule has 0 aliphatic rings. The van der Waals surface area contributed by atoms with Crippen molar-refractivity contribution in [3.05, 3.63) is 47.3 Å². The number of nitrogens with zero attached hydrogens (tertiary/aromatic N) is 3. The molecule has 1 amide bonds. The van der Waals surface area contributed by atoms with E-state index < -0.39 is 5.97 Å². The molecule has 2 aromatic rings. The minimum Gasteiger partial charge on any atom is -0.456 e. The molecule has 7 heteroatoms. The van der Waals surface area contributed by atoms with Crippen LogP contribution in [0.4, 0.5) is 5.69 Å². The first-order valence-corrected chi connectivity index (χ1v) is 9.50. The van der Waals surface area contributed by atoms with Crippen LogP contribution in [0.1, 0.15) is 23.4 Å². The Morgan fingerprint density at radius 2 is 1.73 bits per heavy atom. The fourth-order valence-corrected chi connectivity index (χ4v) is 2.95. The van der Waals surface area contributed by atoms with Crippen molar-refractivity contribution in [2.75, 3.05) is 24.8 Å². The Morgan fingerprint density at radius 3 is 2.31 bits per heavy atom. The van der Waals surface area contributed by atoms with Gasteiger partial charge in [0.2, 0.25) is 0 Å². The van der Waals surface area contributed by atoms with Crippen molar-refractivity contribution in [2.45, 2.75) is 31.8 Å². The maximum Gasteiger partial charge on any atom is 0.306 e. The van der Waals surface area contributed by atoms with E-state index in [1.165, 1.54) is 16.7 Å². The Morgan fingerprint density at radius 1 is 1.12 bits per heavy atom. The Balaban J connectivity index is 1.85. The SMILES string of the molecule is CSc1nc(C)c(CCC(=O)OCC(=O)N(C)c2ccccc2)c(C)n1. The number of carbonyl (C=O) groups is 2. The van der Waals surface area contributed by atoms with Crippen LogP contribution in [0.15, 0.2) is 35.5 Å². The summed E-state index contributed by atoms with van der Waals surface area (Å²) in [5, 5.41) is 0.723. The second-order valence-corrected chi connectivity index (χ2v) is 6.58. The van der Waals surface area contributed by atoms with Crippen LogP contribution in [0, 0.1) is 13.8 Å². The molecule has 0 saturated heterocycles. The quantitative estimate of drug-likeness (QED) is 0.422. The predicted molar refractivity (Wildman–Crippen MR) is 102 cm³/mol. The summed E-state index contributed by atoms with van der Waals surface area (Å²) in [5.74, 6) is -0.683. The van der Waals surface area contributed by atoms with Gasteiger partial charge in [-0.25, -0.2) is 9.97 Å². The van der Waals surface area contributed by atoms with Gasteiger partial charge in [-0.15, -0.1) is 0 Å². The van der Waals surface area contributed by atoms with Gasteiger partial charge in [0.25, 0.3) is 5.91 Å². The van der Waals surface area contributed by atoms with Crippen LogP contribution >= 0.6 is 11.8 Å². The van der Waals surface area contributed by atoms with Gasteiger partial charge in [-0.1, -0.05) is 30.0 Å². The molecule has 0 aliphatic heterocycles. The number of hydrogen-bond donors (Lipinski definition) is 0. The van der Waals surface area contributed by atoms with E-state index in [0.29, 0.717) is 6.42 Å². The van der Waals surface area contributed by atoms with E-state index in [4.69, 9.17) is 4.74 Å². The Hall–Kier alpha value is -2.41. The average Bonchev–Trinajstić information content (AvgIpc) is 2.65. The van der Waals surface area contributed by atoms with Crippen molar-refractivity contribution in [1.82, 2.24) is 9.97 Å². The van der Waals surface area contributed by atoms with Crippen LogP contribution in [0.5, 0.6) is 0 Å². The molecule has 2 rings (SSSR count). The third kappa shape index (κ3) is 5.29. The smallest absolute Gasteiger partial charge is 0.306 e. The maximum absolute atomic E-state index is 12.1. The Bertz CT molecular complexity index is 758. The van der Waals surface area contributed by atoms with Gasteiger partial charge in [0.15, 0.2) is 11.8 Å². The van der Waals surface area contributed by atoms with E-state index in [1.54, 1.807) is 7.05 Å². The van der Waals surface area contributed by atoms with Crippen molar-refractivity contribution < 1.29 is 14.3 Å². The second kappa shape index (κ2) is 9.33. The highest BCUT2D eigenvalue weighted by atomic mass is 32.2. The molecule has 0 unspecified atom stereocenters. The van der Waals surface area contributed by atoms with Gasteiger partial charge in [0.1, 0.15) is 0 Å². The third-order valence-electron chi connectivity index (χ3n) is 4.04. The van der Waals surface area contributed by atoms with Crippen molar-refractivity contribution in [3.63, 3.8) is 0 Å². The van der Waals surface area contributed by atoms with Gasteiger partial charge < -0.3 is 9.64 Å². The molecular weight excluding hydrogens is 350 g/mol. The number of aromatic nitrogens is 2. The number of esters is 1. The molecule has 0 aliphatic carbocycles. The molecule has 0 radical (unpaired) electrons. The lowest BCUT2D eigenvalue weighted by Gasteiger charge is -2.17. The first-order valence-electron chi connectivity index (χ1n) is 8.27. The molecular formula is C19H23N3O3S. The molecule has 0 atom stereocenters. The lowest BCUT2D eigenvalue weighted by molar-refractivity contribution is -0.147. The summed E-state index contributed by atoms with van der Waals surface area (Å²) >= 11 is 1.49. The largest absolute Gasteiger partial charge is 0.456 e. The number of thioether (sulfide) groups is 1. The molecule has 0 spiro atoms. The predicted octanol–water partition coefficient (Wildman–Crippen LogP) is 2.95. The van der Waals surface area contributed by atoms with E-state index in [1.807, 2.05) is 50.4 Å². The van der Waals surface area contributed by atoms with Crippen molar-refractivity contribution >= 4 is 29.3 Å². The maximum atomic E-state index is 12.1. The summed E-state index contributed by atoms with van der Waals surface area (Å²) in [7, 11) is 1.66. The number of benzene rings is 1. The number of aryl methyl sites for hydroxylation is 2. The zero-order valence-electron chi connectivity index (χ0n) is 15.5. The summed E-state index contributed by atoms with van der Waals surface area (Å²) in [5.41, 5.74) is 3.45. The number of ether oxygens (including phenoxy) is 1. The van der Waals surface area contributed by atoms with Gasteiger partial charge >= 0.3 is 5.97 Å². The number of anilines is 1. The van der Waals surface area contributed by atoms with Gasteiger partial charge in [-0.05, 0) is 44.2 Å². The van der Waals surface area contributed by atoms with Crippen LogP contribution in [-0.4, -0.2) is 41.8 Å². The Kier molecular flexibility index (Phi) is 7.15. The van der Waals surface area contributed by atoms with Crippen molar-refractivity contribution in [1.29, 1.82) is 0 Å². The number of amides is 1. The lowest BCUT2D eigenvalue weighted by Crippen LogP contribution is -2.31. The number of rotatable bonds is 7. The molecule has 138 valence electrons. The van der Waals surface area contributed by atoms with Crippen LogP contribution < -0.4 is 4.90 Å². The van der Waals surface area contributed by atoms with Crippen LogP contribution in [-0.2, 0) is 20.7 Å². The van der Waals surface area contributed by atoms with E-state index >= 15 is 0 Å². The topological polar surface area (TPSA) is 72.4 Å². The summed E-state index contributed by atoms with van der Waals surface area (Å²) in [6.45, 7) is 3.55. The van der Waals surface area contributed by atoms with Gasteiger partial charge in [-0.3, -0.25) is 9.59 Å². The van der Waals surface area contributed by atoms with Crippen molar-refractivity contribution in [2.24, 2.45) is 0 Å². The number of likely N-dealkylation sites (N-methyl/N-ethyl adjacent to an activating group) is 1. The summed E-state index contributed by atoms with van der Waals surface area (Å²) in [6, 6.07) is 9.22. The van der Waals surface area contributed by atoms with Crippen LogP contribution in [0.3, 0.4) is 0 Å². The summed E-state index contributed by atoms with van der Waals surface area (Å²) in [6.07, 6.45) is 2.61. The fraction of sp³-hybridized carbons (Fsp3) is 0.368. The van der Waals surface area contributed by atoms with E-state index in [2.05, 4.69) is 9.97 Å². The minimum absolute atomic E-state index is 0.186. The first kappa shape index (κ1) is 19.9. The molecule has 0 N–H and O–H groups in total. The number of carbonyl (C=O) groups excluding carboxylic acids is 2. The zero-order valence-corrected chi connectivity index (χ0v) is 16.3. The highest BCUT2D eigenvalue weighted by Gasteiger charge is 2.15. The monoisotopic (exact) mass is 373 g/mol. The standard InChI is InChI=1S/C19H23N3O3S/c1-13-16(14(2)21-19(20-13)26-4)10-11-18(24)25-12-17(23)22(3)15-8-6-5-7-9-15/h5-9H,10-12H2,1-4H3. The molecule has 0 saturated carbocycles. The minimum atomic E-state index is -0.410. The van der Waals surface area contributed by atoms with E-state index in [0.717, 1.165) is 27.8 Å². The normalized spacial score (nSPS) is 10.5. The van der Waals surface area contributed by atoms with Gasteiger partial charge in [0.05, 0.1) is 0 Å². The van der Waals surface area contributed by atoms with Crippen LogP contribution in [0.25, 0.3) is 0 Å². The second-order valence-electron chi connectivity index (χ2n) is 5.81.